The first-order chi connectivity index (χ1) is 16.1. The summed E-state index contributed by atoms with van der Waals surface area (Å²) >= 11 is 5.68. The SMILES string of the molecule is CN1O[C@@H](CNCC(F)F)Cn2nc3c(c2C1=O)CN(C(=O)Nc1cc(Cl)c(F)cc1F)CC3. The van der Waals surface area contributed by atoms with Gasteiger partial charge in [-0.25, -0.2) is 27.4 Å². The van der Waals surface area contributed by atoms with Crippen molar-refractivity contribution in [2.75, 3.05) is 32.0 Å². The maximum Gasteiger partial charge on any atom is 0.322 e. The number of hydrogen-bond donors (Lipinski definition) is 2. The summed E-state index contributed by atoms with van der Waals surface area (Å²) in [6, 6.07) is 0.890. The highest BCUT2D eigenvalue weighted by Crippen LogP contribution is 2.28. The number of carbonyl (C=O) groups is 2. The Hall–Kier alpha value is -2.90. The largest absolute Gasteiger partial charge is 0.322 e. The van der Waals surface area contributed by atoms with Gasteiger partial charge in [0, 0.05) is 38.2 Å². The third-order valence-corrected chi connectivity index (χ3v) is 5.77. The summed E-state index contributed by atoms with van der Waals surface area (Å²) in [5, 5.41) is 10.1. The Balaban J connectivity index is 1.52. The molecule has 2 aliphatic heterocycles. The first kappa shape index (κ1) is 24.2. The topological polar surface area (TPSA) is 91.7 Å². The molecule has 0 saturated heterocycles. The Labute approximate surface area is 196 Å². The van der Waals surface area contributed by atoms with Gasteiger partial charge in [0.1, 0.15) is 23.4 Å². The average molecular weight is 505 g/mol. The van der Waals surface area contributed by atoms with Gasteiger partial charge in [-0.3, -0.25) is 14.3 Å². The van der Waals surface area contributed by atoms with E-state index in [4.69, 9.17) is 16.4 Å². The van der Waals surface area contributed by atoms with Crippen molar-refractivity contribution in [2.24, 2.45) is 0 Å². The van der Waals surface area contributed by atoms with E-state index in [9.17, 15) is 27.2 Å². The van der Waals surface area contributed by atoms with E-state index in [1.165, 1.54) is 16.6 Å². The van der Waals surface area contributed by atoms with Crippen molar-refractivity contribution in [1.29, 1.82) is 0 Å². The summed E-state index contributed by atoms with van der Waals surface area (Å²) in [6.07, 6.45) is -2.81. The number of hydroxylamine groups is 2. The molecule has 4 rings (SSSR count). The van der Waals surface area contributed by atoms with E-state index >= 15 is 0 Å². The van der Waals surface area contributed by atoms with Crippen LogP contribution < -0.4 is 10.6 Å². The third-order valence-electron chi connectivity index (χ3n) is 5.48. The molecule has 0 spiro atoms. The lowest BCUT2D eigenvalue weighted by atomic mass is 10.1. The second kappa shape index (κ2) is 9.76. The molecule has 0 bridgehead atoms. The van der Waals surface area contributed by atoms with Crippen molar-refractivity contribution in [2.45, 2.75) is 32.0 Å². The zero-order valence-corrected chi connectivity index (χ0v) is 18.7. The van der Waals surface area contributed by atoms with Crippen molar-refractivity contribution >= 4 is 29.2 Å². The molecule has 2 aromatic rings. The van der Waals surface area contributed by atoms with Gasteiger partial charge >= 0.3 is 6.03 Å². The minimum atomic E-state index is -2.52. The predicted molar refractivity (Wildman–Crippen MR) is 113 cm³/mol. The maximum atomic E-state index is 14.0. The molecule has 0 radical (unpaired) electrons. The Bertz CT molecular complexity index is 1110. The highest BCUT2D eigenvalue weighted by molar-refractivity contribution is 6.31. The smallest absolute Gasteiger partial charge is 0.320 e. The van der Waals surface area contributed by atoms with E-state index in [2.05, 4.69) is 15.7 Å². The molecule has 0 unspecified atom stereocenters. The van der Waals surface area contributed by atoms with E-state index in [1.54, 1.807) is 0 Å². The van der Waals surface area contributed by atoms with Gasteiger partial charge in [-0.15, -0.1) is 0 Å². The molecule has 3 heterocycles. The molecule has 14 heteroatoms. The van der Waals surface area contributed by atoms with Crippen LogP contribution in [0.3, 0.4) is 0 Å². The molecule has 9 nitrogen and oxygen atoms in total. The fourth-order valence-electron chi connectivity index (χ4n) is 3.89. The minimum absolute atomic E-state index is 0.0148. The molecule has 34 heavy (non-hydrogen) atoms. The second-order valence-corrected chi connectivity index (χ2v) is 8.29. The number of hydrogen-bond acceptors (Lipinski definition) is 5. The minimum Gasteiger partial charge on any atom is -0.320 e. The molecule has 2 aliphatic rings. The Morgan fingerprint density at radius 3 is 2.82 bits per heavy atom. The summed E-state index contributed by atoms with van der Waals surface area (Å²) < 4.78 is 53.7. The van der Waals surface area contributed by atoms with E-state index in [-0.39, 0.29) is 42.6 Å². The summed E-state index contributed by atoms with van der Waals surface area (Å²) in [4.78, 5) is 32.6. The molecule has 1 atom stereocenters. The standard InChI is InChI=1S/C20H21ClF4N6O3/c1-29-19(32)18-11-9-30(20(33)27-16-4-12(21)13(22)5-14(16)23)3-2-15(11)28-31(18)8-10(34-29)6-26-7-17(24)25/h4-5,10,17,26H,2-3,6-9H2,1H3,(H,27,33)/t10-/m0/s1. The fourth-order valence-corrected chi connectivity index (χ4v) is 4.05. The Morgan fingerprint density at radius 1 is 1.32 bits per heavy atom. The lowest BCUT2D eigenvalue weighted by Crippen LogP contribution is -2.40. The number of rotatable bonds is 5. The van der Waals surface area contributed by atoms with Crippen LogP contribution in [-0.4, -0.2) is 70.9 Å². The molecule has 1 aromatic carbocycles. The molecule has 1 aromatic heterocycles. The number of amides is 3. The first-order valence-corrected chi connectivity index (χ1v) is 10.7. The van der Waals surface area contributed by atoms with Crippen LogP contribution in [0.5, 0.6) is 0 Å². The van der Waals surface area contributed by atoms with Gasteiger partial charge in [0.15, 0.2) is 0 Å². The van der Waals surface area contributed by atoms with E-state index in [0.29, 0.717) is 23.7 Å². The molecule has 0 fully saturated rings. The molecule has 0 saturated carbocycles. The van der Waals surface area contributed by atoms with Crippen LogP contribution in [0.2, 0.25) is 5.02 Å². The van der Waals surface area contributed by atoms with Crippen molar-refractivity contribution in [3.05, 3.63) is 45.7 Å². The van der Waals surface area contributed by atoms with Gasteiger partial charge in [-0.1, -0.05) is 11.6 Å². The van der Waals surface area contributed by atoms with Crippen LogP contribution in [0.25, 0.3) is 0 Å². The van der Waals surface area contributed by atoms with Crippen LogP contribution in [0.4, 0.5) is 28.0 Å². The zero-order chi connectivity index (χ0) is 24.6. The lowest BCUT2D eigenvalue weighted by Gasteiger charge is -2.27. The van der Waals surface area contributed by atoms with Gasteiger partial charge in [0.2, 0.25) is 0 Å². The second-order valence-electron chi connectivity index (χ2n) is 7.88. The zero-order valence-electron chi connectivity index (χ0n) is 18.0. The van der Waals surface area contributed by atoms with Gasteiger partial charge in [-0.05, 0) is 6.07 Å². The molecule has 0 aliphatic carbocycles. The van der Waals surface area contributed by atoms with E-state index < -0.39 is 42.6 Å². The van der Waals surface area contributed by atoms with Crippen molar-refractivity contribution in [1.82, 2.24) is 25.1 Å². The van der Waals surface area contributed by atoms with Crippen molar-refractivity contribution in [3.63, 3.8) is 0 Å². The number of benzene rings is 1. The number of halogens is 5. The lowest BCUT2D eigenvalue weighted by molar-refractivity contribution is -0.146. The number of nitrogens with zero attached hydrogens (tertiary/aromatic N) is 4. The van der Waals surface area contributed by atoms with Crippen LogP contribution in [0.1, 0.15) is 21.7 Å². The van der Waals surface area contributed by atoms with Crippen molar-refractivity contribution < 1.29 is 32.0 Å². The molecular formula is C20H21ClF4N6O3. The van der Waals surface area contributed by atoms with Gasteiger partial charge in [0.05, 0.1) is 36.0 Å². The summed E-state index contributed by atoms with van der Waals surface area (Å²) in [5.41, 5.74) is 1.08. The molecule has 3 amide bonds. The van der Waals surface area contributed by atoms with E-state index in [0.717, 1.165) is 11.1 Å². The van der Waals surface area contributed by atoms with Crippen LogP contribution >= 0.6 is 11.6 Å². The maximum absolute atomic E-state index is 14.0. The average Bonchev–Trinajstić information content (AvgIpc) is 3.07. The fraction of sp³-hybridized carbons (Fsp3) is 0.450. The predicted octanol–water partition coefficient (Wildman–Crippen LogP) is 2.65. The Morgan fingerprint density at radius 2 is 2.09 bits per heavy atom. The molecular weight excluding hydrogens is 484 g/mol. The first-order valence-electron chi connectivity index (χ1n) is 10.4. The monoisotopic (exact) mass is 504 g/mol. The summed E-state index contributed by atoms with van der Waals surface area (Å²) in [6.45, 7) is -0.0387. The number of fused-ring (bicyclic) bond motifs is 3. The van der Waals surface area contributed by atoms with Crippen molar-refractivity contribution in [3.8, 4) is 0 Å². The third kappa shape index (κ3) is 4.95. The number of alkyl halides is 2. The molecule has 184 valence electrons. The van der Waals surface area contributed by atoms with Gasteiger partial charge < -0.3 is 15.5 Å². The highest BCUT2D eigenvalue weighted by atomic mass is 35.5. The summed E-state index contributed by atoms with van der Waals surface area (Å²) in [7, 11) is 1.41. The van der Waals surface area contributed by atoms with Crippen LogP contribution in [0.15, 0.2) is 12.1 Å². The number of anilines is 1. The van der Waals surface area contributed by atoms with Gasteiger partial charge in [0.25, 0.3) is 12.3 Å². The number of urea groups is 1. The Kier molecular flexibility index (Phi) is 6.96. The number of carbonyl (C=O) groups excluding carboxylic acids is 2. The van der Waals surface area contributed by atoms with Crippen LogP contribution in [0, 0.1) is 11.6 Å². The molecule has 2 N–H and O–H groups in total. The van der Waals surface area contributed by atoms with Gasteiger partial charge in [-0.2, -0.15) is 5.10 Å². The number of nitrogens with one attached hydrogen (secondary N) is 2. The number of aromatic nitrogens is 2. The normalized spacial score (nSPS) is 18.1. The highest BCUT2D eigenvalue weighted by Gasteiger charge is 2.35. The summed E-state index contributed by atoms with van der Waals surface area (Å²) in [5.74, 6) is -2.42. The quantitative estimate of drug-likeness (QED) is 0.482. The van der Waals surface area contributed by atoms with E-state index in [1.807, 2.05) is 0 Å². The van der Waals surface area contributed by atoms with Crippen LogP contribution in [-0.2, 0) is 24.3 Å².